The molecule has 1 aliphatic heterocycles. The fourth-order valence-electron chi connectivity index (χ4n) is 3.19. The molecule has 0 spiro atoms. The van der Waals surface area contributed by atoms with Gasteiger partial charge in [-0.3, -0.25) is 14.9 Å². The number of carbonyl (C=O) groups is 1. The second-order valence-corrected chi connectivity index (χ2v) is 7.25. The maximum absolute atomic E-state index is 12.8. The zero-order chi connectivity index (χ0) is 18.7. The molecule has 6 nitrogen and oxygen atoms in total. The second kappa shape index (κ2) is 7.86. The lowest BCUT2D eigenvalue weighted by Crippen LogP contribution is -2.35. The molecule has 1 aliphatic rings. The highest BCUT2D eigenvalue weighted by Crippen LogP contribution is 2.31. The summed E-state index contributed by atoms with van der Waals surface area (Å²) >= 11 is 3.44. The first-order valence-corrected chi connectivity index (χ1v) is 9.30. The highest BCUT2D eigenvalue weighted by molar-refractivity contribution is 9.10. The van der Waals surface area contributed by atoms with Crippen LogP contribution in [0.1, 0.15) is 22.3 Å². The number of amides is 1. The Labute approximate surface area is 160 Å². The Morgan fingerprint density at radius 3 is 2.62 bits per heavy atom. The van der Waals surface area contributed by atoms with Crippen LogP contribution in [0.4, 0.5) is 11.4 Å². The van der Waals surface area contributed by atoms with Crippen molar-refractivity contribution in [1.29, 1.82) is 0 Å². The van der Waals surface area contributed by atoms with Crippen molar-refractivity contribution >= 4 is 33.2 Å². The number of nitro groups is 1. The molecule has 0 atom stereocenters. The Bertz CT molecular complexity index is 841. The van der Waals surface area contributed by atoms with Crippen LogP contribution in [0.25, 0.3) is 0 Å². The highest BCUT2D eigenvalue weighted by atomic mass is 79.9. The molecule has 0 unspecified atom stereocenters. The molecule has 1 fully saturated rings. The van der Waals surface area contributed by atoms with E-state index in [9.17, 15) is 14.9 Å². The smallest absolute Gasteiger partial charge is 0.270 e. The van der Waals surface area contributed by atoms with Gasteiger partial charge in [0.05, 0.1) is 10.6 Å². The Kier molecular flexibility index (Phi) is 5.56. The largest absolute Gasteiger partial charge is 0.369 e. The van der Waals surface area contributed by atoms with Crippen LogP contribution in [-0.2, 0) is 0 Å². The molecule has 136 valence electrons. The molecule has 0 aromatic heterocycles. The van der Waals surface area contributed by atoms with Crippen molar-refractivity contribution in [1.82, 2.24) is 4.90 Å². The van der Waals surface area contributed by atoms with Crippen LogP contribution < -0.4 is 4.90 Å². The minimum Gasteiger partial charge on any atom is -0.369 e. The second-order valence-electron chi connectivity index (χ2n) is 6.40. The first-order chi connectivity index (χ1) is 12.5. The van der Waals surface area contributed by atoms with E-state index < -0.39 is 4.92 Å². The predicted molar refractivity (Wildman–Crippen MR) is 105 cm³/mol. The summed E-state index contributed by atoms with van der Waals surface area (Å²) in [6.07, 6.45) is 0.848. The Morgan fingerprint density at radius 2 is 1.92 bits per heavy atom. The van der Waals surface area contributed by atoms with E-state index in [-0.39, 0.29) is 11.6 Å². The third kappa shape index (κ3) is 4.04. The maximum atomic E-state index is 12.8. The predicted octanol–water partition coefficient (Wildman–Crippen LogP) is 4.02. The number of nitrogens with zero attached hydrogens (tertiary/aromatic N) is 3. The normalized spacial score (nSPS) is 14.8. The van der Waals surface area contributed by atoms with Crippen molar-refractivity contribution < 1.29 is 9.72 Å². The summed E-state index contributed by atoms with van der Waals surface area (Å²) in [6.45, 7) is 4.79. The quantitative estimate of drug-likeness (QED) is 0.558. The van der Waals surface area contributed by atoms with Gasteiger partial charge in [-0.15, -0.1) is 0 Å². The van der Waals surface area contributed by atoms with E-state index in [1.807, 2.05) is 36.1 Å². The van der Waals surface area contributed by atoms with Crippen molar-refractivity contribution in [2.24, 2.45) is 0 Å². The van der Waals surface area contributed by atoms with Crippen molar-refractivity contribution in [2.45, 2.75) is 13.3 Å². The van der Waals surface area contributed by atoms with E-state index in [2.05, 4.69) is 20.8 Å². The summed E-state index contributed by atoms with van der Waals surface area (Å²) in [5.41, 5.74) is 2.77. The summed E-state index contributed by atoms with van der Waals surface area (Å²) < 4.78 is 0.699. The van der Waals surface area contributed by atoms with Crippen LogP contribution in [0.5, 0.6) is 0 Å². The van der Waals surface area contributed by atoms with Gasteiger partial charge in [0, 0.05) is 48.3 Å². The molecule has 0 bridgehead atoms. The van der Waals surface area contributed by atoms with Crippen molar-refractivity contribution in [3.05, 3.63) is 68.2 Å². The van der Waals surface area contributed by atoms with Crippen LogP contribution in [0.15, 0.2) is 46.9 Å². The van der Waals surface area contributed by atoms with Crippen molar-refractivity contribution in [3.8, 4) is 0 Å². The summed E-state index contributed by atoms with van der Waals surface area (Å²) in [7, 11) is 0. The van der Waals surface area contributed by atoms with Gasteiger partial charge in [-0.1, -0.05) is 17.7 Å². The standard InChI is InChI=1S/C19H20BrN3O3/c1-14-4-2-5-15(12-14)19(24)22-9-3-8-21(10-11-22)18-7-6-16(23(25)26)13-17(18)20/h2,4-7,12-13H,3,8-11H2,1H3. The van der Waals surface area contributed by atoms with E-state index >= 15 is 0 Å². The Balaban J connectivity index is 1.72. The molecule has 0 radical (unpaired) electrons. The summed E-state index contributed by atoms with van der Waals surface area (Å²) in [6, 6.07) is 12.5. The number of non-ortho nitro benzene ring substituents is 1. The fraction of sp³-hybridized carbons (Fsp3) is 0.316. The molecule has 1 amide bonds. The van der Waals surface area contributed by atoms with E-state index in [4.69, 9.17) is 0 Å². The van der Waals surface area contributed by atoms with Crippen molar-refractivity contribution in [3.63, 3.8) is 0 Å². The number of aryl methyl sites for hydroxylation is 1. The molecule has 1 saturated heterocycles. The summed E-state index contributed by atoms with van der Waals surface area (Å²) in [5.74, 6) is 0.0540. The molecule has 2 aromatic rings. The van der Waals surface area contributed by atoms with Gasteiger partial charge in [0.15, 0.2) is 0 Å². The fourth-order valence-corrected chi connectivity index (χ4v) is 3.81. The van der Waals surface area contributed by atoms with Gasteiger partial charge in [-0.25, -0.2) is 0 Å². The molecular formula is C19H20BrN3O3. The number of benzene rings is 2. The average molecular weight is 418 g/mol. The topological polar surface area (TPSA) is 66.7 Å². The number of rotatable bonds is 3. The highest BCUT2D eigenvalue weighted by Gasteiger charge is 2.22. The van der Waals surface area contributed by atoms with Crippen LogP contribution in [0.2, 0.25) is 0 Å². The number of halogens is 1. The van der Waals surface area contributed by atoms with Crippen LogP contribution in [0.3, 0.4) is 0 Å². The van der Waals surface area contributed by atoms with Gasteiger partial charge < -0.3 is 9.80 Å². The average Bonchev–Trinajstić information content (AvgIpc) is 2.87. The van der Waals surface area contributed by atoms with Gasteiger partial charge in [0.1, 0.15) is 0 Å². The van der Waals surface area contributed by atoms with E-state index in [1.165, 1.54) is 12.1 Å². The van der Waals surface area contributed by atoms with E-state index in [1.54, 1.807) is 6.07 Å². The molecule has 2 aromatic carbocycles. The lowest BCUT2D eigenvalue weighted by Gasteiger charge is -2.24. The summed E-state index contributed by atoms with van der Waals surface area (Å²) in [4.78, 5) is 27.3. The third-order valence-electron chi connectivity index (χ3n) is 4.53. The molecule has 0 saturated carbocycles. The summed E-state index contributed by atoms with van der Waals surface area (Å²) in [5, 5.41) is 10.9. The van der Waals surface area contributed by atoms with Crippen molar-refractivity contribution in [2.75, 3.05) is 31.1 Å². The number of nitro benzene ring substituents is 1. The van der Waals surface area contributed by atoms with Gasteiger partial charge in [-0.05, 0) is 47.5 Å². The lowest BCUT2D eigenvalue weighted by molar-refractivity contribution is -0.384. The zero-order valence-corrected chi connectivity index (χ0v) is 16.1. The van der Waals surface area contributed by atoms with E-state index in [0.29, 0.717) is 24.1 Å². The minimum atomic E-state index is -0.404. The Hall–Kier alpha value is -2.41. The lowest BCUT2D eigenvalue weighted by atomic mass is 10.1. The molecule has 3 rings (SSSR count). The zero-order valence-electron chi connectivity index (χ0n) is 14.5. The first-order valence-electron chi connectivity index (χ1n) is 8.50. The first kappa shape index (κ1) is 18.4. The van der Waals surface area contributed by atoms with Gasteiger partial charge in [0.2, 0.25) is 0 Å². The van der Waals surface area contributed by atoms with Gasteiger partial charge in [0.25, 0.3) is 11.6 Å². The van der Waals surface area contributed by atoms with Crippen LogP contribution in [-0.4, -0.2) is 41.9 Å². The van der Waals surface area contributed by atoms with Crippen LogP contribution >= 0.6 is 15.9 Å². The molecular weight excluding hydrogens is 398 g/mol. The van der Waals surface area contributed by atoms with Gasteiger partial charge in [-0.2, -0.15) is 0 Å². The number of carbonyl (C=O) groups excluding carboxylic acids is 1. The maximum Gasteiger partial charge on any atom is 0.270 e. The van der Waals surface area contributed by atoms with Gasteiger partial charge >= 0.3 is 0 Å². The molecule has 0 N–H and O–H groups in total. The molecule has 0 aliphatic carbocycles. The third-order valence-corrected chi connectivity index (χ3v) is 5.17. The SMILES string of the molecule is Cc1cccc(C(=O)N2CCCN(c3ccc([N+](=O)[O-])cc3Br)CC2)c1. The molecule has 26 heavy (non-hydrogen) atoms. The minimum absolute atomic E-state index is 0.0540. The number of hydrogen-bond donors (Lipinski definition) is 0. The van der Waals surface area contributed by atoms with E-state index in [0.717, 1.165) is 29.8 Å². The molecule has 1 heterocycles. The molecule has 7 heteroatoms. The number of hydrogen-bond acceptors (Lipinski definition) is 4. The monoisotopic (exact) mass is 417 g/mol. The Morgan fingerprint density at radius 1 is 1.12 bits per heavy atom. The van der Waals surface area contributed by atoms with Crippen LogP contribution in [0, 0.1) is 17.0 Å². The number of anilines is 1.